The van der Waals surface area contributed by atoms with Crippen molar-refractivity contribution in [3.63, 3.8) is 0 Å². The number of aryl methyl sites for hydroxylation is 2. The van der Waals surface area contributed by atoms with E-state index >= 15 is 0 Å². The van der Waals surface area contributed by atoms with Crippen molar-refractivity contribution in [2.45, 2.75) is 33.2 Å². The molecule has 1 aromatic heterocycles. The van der Waals surface area contributed by atoms with E-state index in [2.05, 4.69) is 28.9 Å². The number of oxazole rings is 1. The third-order valence-corrected chi connectivity index (χ3v) is 4.99. The zero-order valence-electron chi connectivity index (χ0n) is 15.4. The molecule has 1 aromatic carbocycles. The second-order valence-corrected chi connectivity index (χ2v) is 6.89. The lowest BCUT2D eigenvalue weighted by Gasteiger charge is -2.34. The molecular formula is C20H29N3O2. The van der Waals surface area contributed by atoms with Crippen LogP contribution in [-0.4, -0.2) is 59.2 Å². The molecule has 0 spiro atoms. The minimum Gasteiger partial charge on any atom is -0.441 e. The molecule has 3 rings (SSSR count). The van der Waals surface area contributed by atoms with E-state index in [1.807, 2.05) is 19.1 Å². The lowest BCUT2D eigenvalue weighted by Crippen LogP contribution is -2.46. The van der Waals surface area contributed by atoms with E-state index in [0.29, 0.717) is 6.61 Å². The SMILES string of the molecule is Cc1ccccc1-c1nc(CN2CCN(CCCCO)CC2)c(C)o1. The summed E-state index contributed by atoms with van der Waals surface area (Å²) in [6.07, 6.45) is 1.98. The topological polar surface area (TPSA) is 52.7 Å². The Morgan fingerprint density at radius 2 is 1.76 bits per heavy atom. The van der Waals surface area contributed by atoms with E-state index in [9.17, 15) is 0 Å². The molecule has 1 aliphatic rings. The normalized spacial score (nSPS) is 16.4. The molecule has 5 heteroatoms. The molecular weight excluding hydrogens is 314 g/mol. The first kappa shape index (κ1) is 18.1. The minimum absolute atomic E-state index is 0.300. The molecule has 1 fully saturated rings. The quantitative estimate of drug-likeness (QED) is 0.784. The van der Waals surface area contributed by atoms with Crippen molar-refractivity contribution in [3.05, 3.63) is 41.3 Å². The number of hydrogen-bond acceptors (Lipinski definition) is 5. The van der Waals surface area contributed by atoms with E-state index in [4.69, 9.17) is 14.5 Å². The molecule has 0 atom stereocenters. The summed E-state index contributed by atoms with van der Waals surface area (Å²) >= 11 is 0. The number of hydrogen-bond donors (Lipinski definition) is 1. The van der Waals surface area contributed by atoms with Crippen LogP contribution in [0, 0.1) is 13.8 Å². The first-order valence-corrected chi connectivity index (χ1v) is 9.25. The lowest BCUT2D eigenvalue weighted by molar-refractivity contribution is 0.122. The number of nitrogens with zero attached hydrogens (tertiary/aromatic N) is 3. The fourth-order valence-corrected chi connectivity index (χ4v) is 3.33. The van der Waals surface area contributed by atoms with Crippen molar-refractivity contribution in [2.24, 2.45) is 0 Å². The maximum Gasteiger partial charge on any atom is 0.226 e. The summed E-state index contributed by atoms with van der Waals surface area (Å²) in [5.74, 6) is 1.65. The zero-order valence-corrected chi connectivity index (χ0v) is 15.4. The number of benzene rings is 1. The van der Waals surface area contributed by atoms with Crippen LogP contribution in [0.2, 0.25) is 0 Å². The van der Waals surface area contributed by atoms with Gasteiger partial charge >= 0.3 is 0 Å². The molecule has 0 unspecified atom stereocenters. The van der Waals surface area contributed by atoms with Gasteiger partial charge in [-0.1, -0.05) is 18.2 Å². The van der Waals surface area contributed by atoms with E-state index in [1.165, 1.54) is 5.56 Å². The molecule has 0 bridgehead atoms. The zero-order chi connectivity index (χ0) is 17.6. The lowest BCUT2D eigenvalue weighted by atomic mass is 10.1. The molecule has 2 heterocycles. The predicted octanol–water partition coefficient (Wildman–Crippen LogP) is 2.85. The van der Waals surface area contributed by atoms with E-state index in [1.54, 1.807) is 0 Å². The fraction of sp³-hybridized carbons (Fsp3) is 0.550. The number of aromatic nitrogens is 1. The largest absolute Gasteiger partial charge is 0.441 e. The van der Waals surface area contributed by atoms with Gasteiger partial charge in [0.2, 0.25) is 5.89 Å². The Morgan fingerprint density at radius 1 is 1.04 bits per heavy atom. The minimum atomic E-state index is 0.300. The Morgan fingerprint density at radius 3 is 2.48 bits per heavy atom. The Hall–Kier alpha value is -1.69. The van der Waals surface area contributed by atoms with Gasteiger partial charge in [-0.05, 0) is 44.9 Å². The van der Waals surface area contributed by atoms with Crippen molar-refractivity contribution in [1.29, 1.82) is 0 Å². The Bertz CT molecular complexity index is 675. The molecule has 1 N–H and O–H groups in total. The van der Waals surface area contributed by atoms with Gasteiger partial charge in [-0.15, -0.1) is 0 Å². The third-order valence-electron chi connectivity index (χ3n) is 4.99. The van der Waals surface area contributed by atoms with Crippen molar-refractivity contribution < 1.29 is 9.52 Å². The average Bonchev–Trinajstić information content (AvgIpc) is 2.97. The Labute approximate surface area is 150 Å². The molecule has 5 nitrogen and oxygen atoms in total. The second-order valence-electron chi connectivity index (χ2n) is 6.89. The molecule has 0 radical (unpaired) electrons. The summed E-state index contributed by atoms with van der Waals surface area (Å²) in [5, 5.41) is 8.89. The molecule has 1 aliphatic heterocycles. The van der Waals surface area contributed by atoms with Crippen LogP contribution in [0.5, 0.6) is 0 Å². The van der Waals surface area contributed by atoms with Crippen LogP contribution in [0.1, 0.15) is 29.9 Å². The molecule has 2 aromatic rings. The van der Waals surface area contributed by atoms with Crippen LogP contribution in [-0.2, 0) is 6.54 Å². The highest BCUT2D eigenvalue weighted by molar-refractivity contribution is 5.58. The van der Waals surface area contributed by atoms with E-state index in [0.717, 1.165) is 75.0 Å². The maximum absolute atomic E-state index is 8.89. The summed E-state index contributed by atoms with van der Waals surface area (Å²) in [4.78, 5) is 9.71. The van der Waals surface area contributed by atoms with Crippen LogP contribution >= 0.6 is 0 Å². The average molecular weight is 343 g/mol. The highest BCUT2D eigenvalue weighted by Gasteiger charge is 2.20. The van der Waals surface area contributed by atoms with Crippen LogP contribution in [0.4, 0.5) is 0 Å². The van der Waals surface area contributed by atoms with Gasteiger partial charge in [-0.2, -0.15) is 0 Å². The summed E-state index contributed by atoms with van der Waals surface area (Å²) in [5.41, 5.74) is 3.31. The molecule has 0 aliphatic carbocycles. The smallest absolute Gasteiger partial charge is 0.226 e. The standard InChI is InChI=1S/C20H29N3O2/c1-16-7-3-4-8-18(16)20-21-19(17(2)25-20)15-23-12-10-22(11-13-23)9-5-6-14-24/h3-4,7-8,24H,5-6,9-15H2,1-2H3. The number of piperazine rings is 1. The Balaban J connectivity index is 1.57. The van der Waals surface area contributed by atoms with Crippen LogP contribution in [0.15, 0.2) is 28.7 Å². The monoisotopic (exact) mass is 343 g/mol. The second kappa shape index (κ2) is 8.61. The maximum atomic E-state index is 8.89. The number of aliphatic hydroxyl groups is 1. The van der Waals surface area contributed by atoms with E-state index in [-0.39, 0.29) is 0 Å². The van der Waals surface area contributed by atoms with Gasteiger partial charge in [0.25, 0.3) is 0 Å². The Kier molecular flexibility index (Phi) is 6.24. The van der Waals surface area contributed by atoms with Crippen LogP contribution in [0.3, 0.4) is 0 Å². The van der Waals surface area contributed by atoms with Crippen LogP contribution in [0.25, 0.3) is 11.5 Å². The highest BCUT2D eigenvalue weighted by Crippen LogP contribution is 2.25. The fourth-order valence-electron chi connectivity index (χ4n) is 3.33. The first-order valence-electron chi connectivity index (χ1n) is 9.25. The molecule has 136 valence electrons. The van der Waals surface area contributed by atoms with Crippen molar-refractivity contribution in [3.8, 4) is 11.5 Å². The molecule has 0 amide bonds. The van der Waals surface area contributed by atoms with Gasteiger partial charge in [0.05, 0.1) is 5.69 Å². The van der Waals surface area contributed by atoms with Crippen LogP contribution < -0.4 is 0 Å². The summed E-state index contributed by atoms with van der Waals surface area (Å²) in [7, 11) is 0. The molecule has 0 saturated carbocycles. The number of unbranched alkanes of at least 4 members (excludes halogenated alkanes) is 1. The van der Waals surface area contributed by atoms with Crippen molar-refractivity contribution in [2.75, 3.05) is 39.3 Å². The summed E-state index contributed by atoms with van der Waals surface area (Å²) in [6, 6.07) is 8.22. The molecule has 1 saturated heterocycles. The first-order chi connectivity index (χ1) is 12.2. The van der Waals surface area contributed by atoms with Gasteiger partial charge in [0.15, 0.2) is 0 Å². The number of rotatable bonds is 7. The number of aliphatic hydroxyl groups excluding tert-OH is 1. The van der Waals surface area contributed by atoms with Crippen molar-refractivity contribution in [1.82, 2.24) is 14.8 Å². The van der Waals surface area contributed by atoms with Gasteiger partial charge in [0.1, 0.15) is 5.76 Å². The van der Waals surface area contributed by atoms with E-state index < -0.39 is 0 Å². The molecule has 25 heavy (non-hydrogen) atoms. The highest BCUT2D eigenvalue weighted by atomic mass is 16.4. The van der Waals surface area contributed by atoms with Gasteiger partial charge in [0, 0.05) is 44.9 Å². The van der Waals surface area contributed by atoms with Gasteiger partial charge in [-0.3, -0.25) is 4.90 Å². The van der Waals surface area contributed by atoms with Gasteiger partial charge < -0.3 is 14.4 Å². The third kappa shape index (κ3) is 4.69. The predicted molar refractivity (Wildman–Crippen MR) is 99.4 cm³/mol. The van der Waals surface area contributed by atoms with Gasteiger partial charge in [-0.25, -0.2) is 4.98 Å². The summed E-state index contributed by atoms with van der Waals surface area (Å²) < 4.78 is 5.94. The van der Waals surface area contributed by atoms with Crippen molar-refractivity contribution >= 4 is 0 Å². The summed E-state index contributed by atoms with van der Waals surface area (Å²) in [6.45, 7) is 10.6.